The van der Waals surface area contributed by atoms with Crippen LogP contribution in [-0.2, 0) is 14.3 Å². The number of piperidine rings is 2. The lowest BCUT2D eigenvalue weighted by molar-refractivity contribution is -0.136. The number of fused-ring (bicyclic) bond motifs is 1. The summed E-state index contributed by atoms with van der Waals surface area (Å²) in [5.74, 6) is -0.452. The molecule has 6 rings (SSSR count). The fourth-order valence-corrected chi connectivity index (χ4v) is 6.36. The Hall–Kier alpha value is -4.19. The highest BCUT2D eigenvalue weighted by atomic mass is 16.6. The van der Waals surface area contributed by atoms with Crippen LogP contribution in [0.4, 0.5) is 11.4 Å². The second kappa shape index (κ2) is 12.1. The normalized spacial score (nSPS) is 20.7. The number of anilines is 2. The van der Waals surface area contributed by atoms with Gasteiger partial charge in [0.15, 0.2) is 5.65 Å². The van der Waals surface area contributed by atoms with Crippen LogP contribution in [0.3, 0.4) is 0 Å². The van der Waals surface area contributed by atoms with E-state index in [1.807, 2.05) is 57.2 Å². The second-order valence-corrected chi connectivity index (χ2v) is 13.1. The summed E-state index contributed by atoms with van der Waals surface area (Å²) in [5.41, 5.74) is 2.27. The minimum atomic E-state index is -0.774. The zero-order valence-corrected chi connectivity index (χ0v) is 25.7. The van der Waals surface area contributed by atoms with Gasteiger partial charge in [0.1, 0.15) is 11.6 Å². The summed E-state index contributed by atoms with van der Waals surface area (Å²) in [5, 5.41) is 6.67. The van der Waals surface area contributed by atoms with Crippen LogP contribution < -0.4 is 20.8 Å². The zero-order valence-electron chi connectivity index (χ0n) is 25.7. The van der Waals surface area contributed by atoms with E-state index in [1.54, 1.807) is 6.20 Å². The molecule has 3 aromatic rings. The van der Waals surface area contributed by atoms with E-state index >= 15 is 0 Å². The van der Waals surface area contributed by atoms with Crippen LogP contribution in [0.2, 0.25) is 0 Å². The van der Waals surface area contributed by atoms with Crippen molar-refractivity contribution < 1.29 is 19.1 Å². The Morgan fingerprint density at radius 3 is 2.20 bits per heavy atom. The number of imide groups is 1. The summed E-state index contributed by atoms with van der Waals surface area (Å²) in [4.78, 5) is 56.5. The molecule has 2 aromatic heterocycles. The molecule has 1 N–H and O–H groups in total. The lowest BCUT2D eigenvalue weighted by Gasteiger charge is -2.40. The Morgan fingerprint density at radius 1 is 0.886 bits per heavy atom. The number of carbonyl (C=O) groups is 3. The van der Waals surface area contributed by atoms with Gasteiger partial charge in [-0.1, -0.05) is 0 Å². The van der Waals surface area contributed by atoms with Gasteiger partial charge in [-0.3, -0.25) is 19.8 Å². The molecule has 3 aliphatic heterocycles. The van der Waals surface area contributed by atoms with Crippen LogP contribution in [0.1, 0.15) is 62.9 Å². The fourth-order valence-electron chi connectivity index (χ4n) is 6.36. The van der Waals surface area contributed by atoms with Crippen LogP contribution in [0.15, 0.2) is 47.4 Å². The number of hydrogen-bond acceptors (Lipinski definition) is 9. The average Bonchev–Trinajstić information content (AvgIpc) is 3.32. The maximum absolute atomic E-state index is 13.1. The van der Waals surface area contributed by atoms with Gasteiger partial charge in [-0.2, -0.15) is 4.68 Å². The van der Waals surface area contributed by atoms with Crippen molar-refractivity contribution in [3.05, 3.63) is 58.6 Å². The predicted octanol–water partition coefficient (Wildman–Crippen LogP) is 2.47. The molecule has 0 spiro atoms. The fraction of sp³-hybridized carbons (Fsp3) is 0.531. The molecule has 12 heteroatoms. The molecule has 234 valence electrons. The summed E-state index contributed by atoms with van der Waals surface area (Å²) in [6.45, 7) is 12.3. The molecule has 2 amide bonds. The number of hydrogen-bond donors (Lipinski definition) is 1. The minimum Gasteiger partial charge on any atom is -0.456 e. The number of rotatable bonds is 6. The lowest BCUT2D eigenvalue weighted by Crippen LogP contribution is -2.49. The molecule has 12 nitrogen and oxygen atoms in total. The van der Waals surface area contributed by atoms with Gasteiger partial charge in [0, 0.05) is 64.1 Å². The molecule has 0 aliphatic carbocycles. The molecule has 5 heterocycles. The molecule has 1 aromatic carbocycles. The number of pyridine rings is 1. The van der Waals surface area contributed by atoms with Gasteiger partial charge < -0.3 is 14.5 Å². The molecular formula is C32H41N7O5. The van der Waals surface area contributed by atoms with Crippen molar-refractivity contribution in [3.8, 4) is 0 Å². The lowest BCUT2D eigenvalue weighted by atomic mass is 9.95. The van der Waals surface area contributed by atoms with Crippen molar-refractivity contribution in [2.75, 3.05) is 55.6 Å². The highest BCUT2D eigenvalue weighted by Gasteiger charge is 2.31. The number of piperazine rings is 1. The second-order valence-electron chi connectivity index (χ2n) is 13.1. The van der Waals surface area contributed by atoms with Crippen molar-refractivity contribution in [2.24, 2.45) is 5.92 Å². The van der Waals surface area contributed by atoms with Crippen LogP contribution in [0, 0.1) is 5.92 Å². The van der Waals surface area contributed by atoms with Crippen molar-refractivity contribution in [1.82, 2.24) is 24.4 Å². The van der Waals surface area contributed by atoms with Crippen LogP contribution in [-0.4, -0.2) is 88.3 Å². The Labute approximate surface area is 256 Å². The Morgan fingerprint density at radius 2 is 1.55 bits per heavy atom. The summed E-state index contributed by atoms with van der Waals surface area (Å²) < 4.78 is 8.17. The maximum Gasteiger partial charge on any atom is 0.351 e. The van der Waals surface area contributed by atoms with Gasteiger partial charge in [-0.15, -0.1) is 5.10 Å². The summed E-state index contributed by atoms with van der Waals surface area (Å²) >= 11 is 0. The van der Waals surface area contributed by atoms with Crippen molar-refractivity contribution in [1.29, 1.82) is 0 Å². The van der Waals surface area contributed by atoms with Crippen molar-refractivity contribution >= 4 is 34.8 Å². The summed E-state index contributed by atoms with van der Waals surface area (Å²) in [7, 11) is 0. The quantitative estimate of drug-likeness (QED) is 0.335. The van der Waals surface area contributed by atoms with Crippen molar-refractivity contribution in [2.45, 2.75) is 58.1 Å². The molecule has 3 fully saturated rings. The van der Waals surface area contributed by atoms with E-state index in [2.05, 4.69) is 25.1 Å². The van der Waals surface area contributed by atoms with Crippen LogP contribution >= 0.6 is 0 Å². The summed E-state index contributed by atoms with van der Waals surface area (Å²) in [6.07, 6.45) is 4.52. The monoisotopic (exact) mass is 603 g/mol. The van der Waals surface area contributed by atoms with Gasteiger partial charge in [0.25, 0.3) is 5.91 Å². The highest BCUT2D eigenvalue weighted by molar-refractivity contribution is 5.99. The SMILES string of the molecule is CC(C)(C)OC(=O)c1ccc(N2CCC(CN3CCN(c4ccc5nn(C6CCC(=O)NC6=O)c(=O)n5c4)CC3)CC2)cc1. The predicted molar refractivity (Wildman–Crippen MR) is 166 cm³/mol. The first-order valence-electron chi connectivity index (χ1n) is 15.5. The smallest absolute Gasteiger partial charge is 0.351 e. The molecule has 0 bridgehead atoms. The molecule has 1 atom stereocenters. The third kappa shape index (κ3) is 6.50. The topological polar surface area (TPSA) is 121 Å². The van der Waals surface area contributed by atoms with E-state index in [1.165, 1.54) is 9.08 Å². The molecule has 44 heavy (non-hydrogen) atoms. The standard InChI is InChI=1S/C32H41N7O5/c1-32(2,3)44-30(42)23-4-6-24(7-5-23)36-14-12-22(13-15-36)20-35-16-18-37(19-17-35)25-8-10-27-34-39(31(43)38(27)21-25)26-9-11-28(40)33-29(26)41/h4-8,10,21-22,26H,9,11-20H2,1-3H3,(H,33,40,41). The molecule has 3 saturated heterocycles. The first-order valence-corrected chi connectivity index (χ1v) is 15.5. The Balaban J connectivity index is 0.990. The number of carbonyl (C=O) groups excluding carboxylic acids is 3. The van der Waals surface area contributed by atoms with Gasteiger partial charge >= 0.3 is 11.7 Å². The van der Waals surface area contributed by atoms with E-state index in [0.717, 1.165) is 70.0 Å². The average molecular weight is 604 g/mol. The first kappa shape index (κ1) is 29.9. The number of aromatic nitrogens is 3. The molecule has 0 saturated carbocycles. The van der Waals surface area contributed by atoms with E-state index < -0.39 is 17.6 Å². The minimum absolute atomic E-state index is 0.191. The third-order valence-corrected chi connectivity index (χ3v) is 8.76. The zero-order chi connectivity index (χ0) is 31.0. The number of amides is 2. The molecule has 1 unspecified atom stereocenters. The number of ether oxygens (including phenoxy) is 1. The van der Waals surface area contributed by atoms with Crippen molar-refractivity contribution in [3.63, 3.8) is 0 Å². The van der Waals surface area contributed by atoms with E-state index in [-0.39, 0.29) is 30.4 Å². The van der Waals surface area contributed by atoms with Gasteiger partial charge in [0.2, 0.25) is 5.91 Å². The maximum atomic E-state index is 13.1. The van der Waals surface area contributed by atoms with Gasteiger partial charge in [-0.05, 0) is 82.3 Å². The highest BCUT2D eigenvalue weighted by Crippen LogP contribution is 2.26. The van der Waals surface area contributed by atoms with E-state index in [9.17, 15) is 19.2 Å². The van der Waals surface area contributed by atoms with Crippen LogP contribution in [0.5, 0.6) is 0 Å². The van der Waals surface area contributed by atoms with E-state index in [0.29, 0.717) is 17.1 Å². The number of esters is 1. The largest absolute Gasteiger partial charge is 0.456 e. The molecular weight excluding hydrogens is 562 g/mol. The third-order valence-electron chi connectivity index (χ3n) is 8.76. The van der Waals surface area contributed by atoms with Crippen LogP contribution in [0.25, 0.3) is 5.65 Å². The number of nitrogens with one attached hydrogen (secondary N) is 1. The molecule has 3 aliphatic rings. The summed E-state index contributed by atoms with van der Waals surface area (Å²) in [6, 6.07) is 10.8. The number of nitrogens with zero attached hydrogens (tertiary/aromatic N) is 6. The Bertz CT molecular complexity index is 1590. The number of benzene rings is 1. The van der Waals surface area contributed by atoms with Gasteiger partial charge in [-0.25, -0.2) is 14.0 Å². The van der Waals surface area contributed by atoms with Gasteiger partial charge in [0.05, 0.1) is 11.3 Å². The van der Waals surface area contributed by atoms with E-state index in [4.69, 9.17) is 4.74 Å². The Kier molecular flexibility index (Phi) is 8.19. The molecule has 0 radical (unpaired) electrons. The first-order chi connectivity index (χ1) is 21.0.